The molecule has 26 heavy (non-hydrogen) atoms. The van der Waals surface area contributed by atoms with Crippen LogP contribution >= 0.6 is 0 Å². The molecule has 1 heterocycles. The van der Waals surface area contributed by atoms with Crippen molar-refractivity contribution in [1.29, 1.82) is 0 Å². The first-order chi connectivity index (χ1) is 12.3. The fourth-order valence-electron chi connectivity index (χ4n) is 3.03. The van der Waals surface area contributed by atoms with Gasteiger partial charge in [0.05, 0.1) is 0 Å². The summed E-state index contributed by atoms with van der Waals surface area (Å²) in [5.41, 5.74) is 3.32. The molecule has 1 aliphatic rings. The number of carbonyl (C=O) groups excluding carboxylic acids is 2. The summed E-state index contributed by atoms with van der Waals surface area (Å²) in [4.78, 5) is 26.6. The van der Waals surface area contributed by atoms with Crippen molar-refractivity contribution in [1.82, 2.24) is 5.32 Å². The smallest absolute Gasteiger partial charge is 0.319 e. The lowest BCUT2D eigenvalue weighted by Gasteiger charge is -2.26. The Bertz CT molecular complexity index is 810. The molecule has 0 spiro atoms. The van der Waals surface area contributed by atoms with Gasteiger partial charge >= 0.3 is 6.03 Å². The van der Waals surface area contributed by atoms with E-state index in [9.17, 15) is 9.59 Å². The normalized spacial score (nSPS) is 13.3. The maximum Gasteiger partial charge on any atom is 0.319 e. The Hall–Kier alpha value is -2.82. The fourth-order valence-corrected chi connectivity index (χ4v) is 3.03. The number of urea groups is 1. The number of nitrogens with zero attached hydrogens (tertiary/aromatic N) is 1. The van der Waals surface area contributed by atoms with Crippen molar-refractivity contribution in [3.05, 3.63) is 59.7 Å². The number of anilines is 2. The molecule has 3 amide bonds. The topological polar surface area (TPSA) is 61.4 Å². The van der Waals surface area contributed by atoms with Gasteiger partial charge in [0.15, 0.2) is 0 Å². The number of fused-ring (bicyclic) bond motifs is 1. The van der Waals surface area contributed by atoms with Crippen LogP contribution in [0.15, 0.2) is 48.5 Å². The highest BCUT2D eigenvalue weighted by atomic mass is 16.2. The highest BCUT2D eigenvalue weighted by molar-refractivity contribution is 6.00. The molecule has 1 aliphatic heterocycles. The lowest BCUT2D eigenvalue weighted by Crippen LogP contribution is -2.38. The number of amides is 3. The molecule has 3 rings (SSSR count). The lowest BCUT2D eigenvalue weighted by molar-refractivity contribution is -0.125. The van der Waals surface area contributed by atoms with Crippen LogP contribution in [0.4, 0.5) is 16.2 Å². The van der Waals surface area contributed by atoms with Crippen LogP contribution in [0, 0.1) is 5.41 Å². The van der Waals surface area contributed by atoms with Crippen LogP contribution in [0.2, 0.25) is 0 Å². The summed E-state index contributed by atoms with van der Waals surface area (Å²) >= 11 is 0. The number of hydrogen-bond acceptors (Lipinski definition) is 2. The van der Waals surface area contributed by atoms with E-state index >= 15 is 0 Å². The summed E-state index contributed by atoms with van der Waals surface area (Å²) in [6.45, 7) is 6.92. The summed E-state index contributed by atoms with van der Waals surface area (Å²) in [6.07, 6.45) is 0.845. The van der Waals surface area contributed by atoms with Gasteiger partial charge in [-0.05, 0) is 29.7 Å². The molecular weight excluding hydrogens is 326 g/mol. The second-order valence-corrected chi connectivity index (χ2v) is 7.59. The van der Waals surface area contributed by atoms with Gasteiger partial charge in [-0.1, -0.05) is 57.2 Å². The van der Waals surface area contributed by atoms with E-state index in [4.69, 9.17) is 0 Å². The van der Waals surface area contributed by atoms with Gasteiger partial charge in [0.1, 0.15) is 0 Å². The summed E-state index contributed by atoms with van der Waals surface area (Å²) in [5.74, 6) is 0.0990. The maximum absolute atomic E-state index is 12.6. The fraction of sp³-hybridized carbons (Fsp3) is 0.333. The Morgan fingerprint density at radius 1 is 1.08 bits per heavy atom. The van der Waals surface area contributed by atoms with Gasteiger partial charge < -0.3 is 15.5 Å². The van der Waals surface area contributed by atoms with Gasteiger partial charge in [-0.25, -0.2) is 4.79 Å². The van der Waals surface area contributed by atoms with E-state index in [0.717, 1.165) is 23.2 Å². The zero-order valence-electron chi connectivity index (χ0n) is 15.5. The Labute approximate surface area is 154 Å². The zero-order chi connectivity index (χ0) is 18.7. The Morgan fingerprint density at radius 2 is 1.81 bits per heavy atom. The summed E-state index contributed by atoms with van der Waals surface area (Å²) < 4.78 is 0. The van der Waals surface area contributed by atoms with Crippen LogP contribution in [0.3, 0.4) is 0 Å². The van der Waals surface area contributed by atoms with E-state index in [1.807, 2.05) is 74.2 Å². The van der Waals surface area contributed by atoms with Crippen molar-refractivity contribution >= 4 is 23.3 Å². The van der Waals surface area contributed by atoms with Gasteiger partial charge in [0.2, 0.25) is 5.91 Å². The summed E-state index contributed by atoms with van der Waals surface area (Å²) in [5, 5.41) is 5.69. The van der Waals surface area contributed by atoms with E-state index in [1.165, 1.54) is 0 Å². The van der Waals surface area contributed by atoms with Crippen molar-refractivity contribution in [2.75, 3.05) is 16.8 Å². The SMILES string of the molecule is CC(C)(C)C(=O)N1CCc2ccc(NC(=O)NCc3ccccc3)cc21. The number of carbonyl (C=O) groups is 2. The zero-order valence-corrected chi connectivity index (χ0v) is 15.5. The molecule has 0 bridgehead atoms. The molecule has 0 aliphatic carbocycles. The van der Waals surface area contributed by atoms with Gasteiger partial charge in [-0.3, -0.25) is 4.79 Å². The first-order valence-electron chi connectivity index (χ1n) is 8.88. The molecule has 5 heteroatoms. The molecule has 0 atom stereocenters. The average Bonchev–Trinajstić information content (AvgIpc) is 3.02. The van der Waals surface area contributed by atoms with Crippen molar-refractivity contribution in [2.24, 2.45) is 5.41 Å². The molecule has 5 nitrogen and oxygen atoms in total. The predicted molar refractivity (Wildman–Crippen MR) is 104 cm³/mol. The number of benzene rings is 2. The standard InChI is InChI=1S/C21H25N3O2/c1-21(2,3)19(25)24-12-11-16-9-10-17(13-18(16)24)23-20(26)22-14-15-7-5-4-6-8-15/h4-10,13H,11-12,14H2,1-3H3,(H2,22,23,26). The van der Waals surface area contributed by atoms with Crippen molar-refractivity contribution in [3.63, 3.8) is 0 Å². The van der Waals surface area contributed by atoms with E-state index in [-0.39, 0.29) is 11.9 Å². The molecule has 136 valence electrons. The second kappa shape index (κ2) is 7.20. The van der Waals surface area contributed by atoms with Crippen LogP contribution in [-0.2, 0) is 17.8 Å². The van der Waals surface area contributed by atoms with Crippen molar-refractivity contribution in [3.8, 4) is 0 Å². The van der Waals surface area contributed by atoms with Gasteiger partial charge in [0.25, 0.3) is 0 Å². The van der Waals surface area contributed by atoms with Gasteiger partial charge in [0, 0.05) is 29.9 Å². The molecule has 0 radical (unpaired) electrons. The van der Waals surface area contributed by atoms with Gasteiger partial charge in [-0.15, -0.1) is 0 Å². The molecule has 0 saturated heterocycles. The van der Waals surface area contributed by atoms with Crippen LogP contribution in [0.5, 0.6) is 0 Å². The lowest BCUT2D eigenvalue weighted by atomic mass is 9.94. The van der Waals surface area contributed by atoms with Gasteiger partial charge in [-0.2, -0.15) is 0 Å². The van der Waals surface area contributed by atoms with E-state index in [1.54, 1.807) is 0 Å². The highest BCUT2D eigenvalue weighted by Gasteiger charge is 2.32. The van der Waals surface area contributed by atoms with Crippen LogP contribution in [0.25, 0.3) is 0 Å². The molecule has 2 aromatic rings. The largest absolute Gasteiger partial charge is 0.334 e. The summed E-state index contributed by atoms with van der Waals surface area (Å²) in [6, 6.07) is 15.2. The third-order valence-electron chi connectivity index (χ3n) is 4.42. The Balaban J connectivity index is 1.67. The molecule has 2 N–H and O–H groups in total. The minimum absolute atomic E-state index is 0.0990. The van der Waals surface area contributed by atoms with E-state index < -0.39 is 5.41 Å². The third-order valence-corrected chi connectivity index (χ3v) is 4.42. The van der Waals surface area contributed by atoms with Crippen LogP contribution in [0.1, 0.15) is 31.9 Å². The highest BCUT2D eigenvalue weighted by Crippen LogP contribution is 2.33. The van der Waals surface area contributed by atoms with E-state index in [0.29, 0.717) is 18.8 Å². The monoisotopic (exact) mass is 351 g/mol. The summed E-state index contributed by atoms with van der Waals surface area (Å²) in [7, 11) is 0. The number of rotatable bonds is 3. The number of nitrogens with one attached hydrogen (secondary N) is 2. The minimum Gasteiger partial charge on any atom is -0.334 e. The molecule has 0 unspecified atom stereocenters. The first-order valence-corrected chi connectivity index (χ1v) is 8.88. The second-order valence-electron chi connectivity index (χ2n) is 7.59. The molecule has 2 aromatic carbocycles. The molecular formula is C21H25N3O2. The van der Waals surface area contributed by atoms with E-state index in [2.05, 4.69) is 10.6 Å². The third kappa shape index (κ3) is 4.04. The average molecular weight is 351 g/mol. The minimum atomic E-state index is -0.432. The van der Waals surface area contributed by atoms with Crippen molar-refractivity contribution < 1.29 is 9.59 Å². The molecule has 0 saturated carbocycles. The van der Waals surface area contributed by atoms with Crippen molar-refractivity contribution in [2.45, 2.75) is 33.7 Å². The maximum atomic E-state index is 12.6. The predicted octanol–water partition coefficient (Wildman–Crippen LogP) is 3.94. The molecule has 0 fully saturated rings. The Kier molecular flexibility index (Phi) is 4.98. The first kappa shape index (κ1) is 18.0. The molecule has 0 aromatic heterocycles. The number of hydrogen-bond donors (Lipinski definition) is 2. The van der Waals surface area contributed by atoms with Crippen LogP contribution < -0.4 is 15.5 Å². The Morgan fingerprint density at radius 3 is 2.50 bits per heavy atom. The van der Waals surface area contributed by atoms with Crippen LogP contribution in [-0.4, -0.2) is 18.5 Å². The quantitative estimate of drug-likeness (QED) is 0.880.